The van der Waals surface area contributed by atoms with Gasteiger partial charge in [-0.15, -0.1) is 29.0 Å². The van der Waals surface area contributed by atoms with Crippen molar-refractivity contribution < 1.29 is 88.1 Å². The number of alkyl halides is 9. The molecule has 3 rings (SSSR count). The average molecular weight is 924 g/mol. The fourth-order valence-corrected chi connectivity index (χ4v) is 4.34. The molecule has 0 N–H and O–H groups in total. The summed E-state index contributed by atoms with van der Waals surface area (Å²) >= 11 is 11.9. The van der Waals surface area contributed by atoms with Gasteiger partial charge in [0.15, 0.2) is 11.4 Å². The van der Waals surface area contributed by atoms with Gasteiger partial charge in [-0.25, -0.2) is 0 Å². The van der Waals surface area contributed by atoms with Gasteiger partial charge in [0.1, 0.15) is 5.69 Å². The number of pyridine rings is 3. The summed E-state index contributed by atoms with van der Waals surface area (Å²) in [5, 5.41) is 0. The van der Waals surface area contributed by atoms with Gasteiger partial charge in [-0.3, -0.25) is 24.5 Å². The van der Waals surface area contributed by atoms with E-state index in [0.717, 1.165) is 30.4 Å². The quantitative estimate of drug-likeness (QED) is 0.0396. The standard InChI is InChI=1S/C10H10F3NO2S.C6H3BrF3N.C6H4F3NS.C4H8O2S.C3H4.C3H3.2CH4.Na/c1-16-8(15)4-6-17-7-3-2-5-14-9(7)10(11,12)13;7-4-2-1-3-11-5(4)6(8,9)10;7-6(8,9)5-4(11)2-1-3-10-5;1-6-4(5)2-3-7;2*1-3-2;;;/h2-3,5H,4,6H2,1H3;1-3H;1-3,11H;7H,2-3H2,1H3;1H,2H3;1H,2H2;2*1H4;/q;;;;;-1;;;+1/p-1. The Bertz CT molecular complexity index is 1490. The zero-order valence-electron chi connectivity index (χ0n) is 28.4. The van der Waals surface area contributed by atoms with E-state index < -0.39 is 41.6 Å². The summed E-state index contributed by atoms with van der Waals surface area (Å²) in [6, 6.07) is 8.06. The van der Waals surface area contributed by atoms with Crippen molar-refractivity contribution in [1.29, 1.82) is 0 Å². The molecule has 3 aromatic heterocycles. The Kier molecular flexibility index (Phi) is 41.4. The van der Waals surface area contributed by atoms with E-state index in [-0.39, 0.29) is 76.8 Å². The molecule has 0 aromatic carbocycles. The molecule has 55 heavy (non-hydrogen) atoms. The van der Waals surface area contributed by atoms with Gasteiger partial charge in [0.25, 0.3) is 0 Å². The summed E-state index contributed by atoms with van der Waals surface area (Å²) in [5.74, 6) is 4.39. The van der Waals surface area contributed by atoms with Crippen LogP contribution in [0.25, 0.3) is 0 Å². The van der Waals surface area contributed by atoms with Crippen LogP contribution < -0.4 is 29.6 Å². The molecule has 0 aliphatic heterocycles. The summed E-state index contributed by atoms with van der Waals surface area (Å²) in [7, 11) is 2.60. The van der Waals surface area contributed by atoms with Gasteiger partial charge in [0.2, 0.25) is 0 Å². The number of thiol groups is 1. The van der Waals surface area contributed by atoms with Crippen molar-refractivity contribution in [2.75, 3.05) is 25.7 Å². The number of nitrogens with zero attached hydrogens (tertiary/aromatic N) is 3. The second-order valence-corrected chi connectivity index (χ2v) is 11.1. The normalized spacial score (nSPS) is 9.45. The number of halogens is 10. The maximum atomic E-state index is 12.5. The van der Waals surface area contributed by atoms with E-state index in [0.29, 0.717) is 12.2 Å². The van der Waals surface area contributed by atoms with E-state index in [2.05, 4.69) is 91.3 Å². The topological polar surface area (TPSA) is 91.3 Å². The first-order chi connectivity index (χ1) is 24.1. The van der Waals surface area contributed by atoms with Crippen LogP contribution in [-0.4, -0.2) is 52.6 Å². The molecule has 0 bridgehead atoms. The second kappa shape index (κ2) is 35.6. The SMILES string of the molecule is C.C.C#CC.C#C[CH2-].COC(=O)CCS.COC(=O)CCSc1cccnc1C(F)(F)F.FC(F)(F)c1ncccc1Br.FC(F)(F)c1ncccc1[S-].[Na+]. The first-order valence-corrected chi connectivity index (χ1v) is 16.3. The molecule has 3 heterocycles. The van der Waals surface area contributed by atoms with Crippen LogP contribution in [0.1, 0.15) is 51.7 Å². The molecule has 21 heteroatoms. The van der Waals surface area contributed by atoms with Crippen LogP contribution in [-0.2, 0) is 50.2 Å². The molecule has 0 fully saturated rings. The van der Waals surface area contributed by atoms with E-state index in [9.17, 15) is 49.1 Å². The Morgan fingerprint density at radius 2 is 1.18 bits per heavy atom. The van der Waals surface area contributed by atoms with E-state index >= 15 is 0 Å². The number of aromatic nitrogens is 3. The molecule has 0 saturated heterocycles. The molecule has 7 nitrogen and oxygen atoms in total. The first kappa shape index (κ1) is 64.1. The van der Waals surface area contributed by atoms with Gasteiger partial charge < -0.3 is 34.4 Å². The number of ether oxygens (including phenoxy) is 2. The number of terminal acetylenes is 2. The number of methoxy groups -OCH3 is 2. The third-order valence-corrected chi connectivity index (χ3v) is 6.68. The Labute approximate surface area is 362 Å². The van der Waals surface area contributed by atoms with Crippen LogP contribution in [0.3, 0.4) is 0 Å². The number of carbonyl (C=O) groups is 2. The Hall–Kier alpha value is -2.85. The minimum Gasteiger partial charge on any atom is -0.778 e. The largest absolute Gasteiger partial charge is 1.00 e. The maximum absolute atomic E-state index is 12.5. The molecule has 0 amide bonds. The van der Waals surface area contributed by atoms with Crippen molar-refractivity contribution >= 4 is 64.9 Å². The monoisotopic (exact) mass is 922 g/mol. The summed E-state index contributed by atoms with van der Waals surface area (Å²) < 4.78 is 118. The predicted octanol–water partition coefficient (Wildman–Crippen LogP) is 7.47. The molecule has 3 aromatic rings. The van der Waals surface area contributed by atoms with Crippen LogP contribution in [0.2, 0.25) is 0 Å². The van der Waals surface area contributed by atoms with Crippen LogP contribution in [0.4, 0.5) is 39.5 Å². The van der Waals surface area contributed by atoms with Crippen molar-refractivity contribution in [1.82, 2.24) is 15.0 Å². The molecule has 0 radical (unpaired) electrons. The predicted molar refractivity (Wildman–Crippen MR) is 201 cm³/mol. The van der Waals surface area contributed by atoms with Gasteiger partial charge in [-0.2, -0.15) is 59.1 Å². The molecular weight excluding hydrogens is 884 g/mol. The summed E-state index contributed by atoms with van der Waals surface area (Å²) in [5.41, 5.74) is -2.80. The fourth-order valence-electron chi connectivity index (χ4n) is 2.46. The number of hydrogen-bond donors (Lipinski definition) is 1. The van der Waals surface area contributed by atoms with Gasteiger partial charge in [-0.05, 0) is 53.2 Å². The molecular formula is C34H39BrF9N3NaO4S3-. The Balaban J connectivity index is -0.000000141. The van der Waals surface area contributed by atoms with Crippen molar-refractivity contribution in [3.05, 3.63) is 83.5 Å². The maximum Gasteiger partial charge on any atom is 1.00 e. The summed E-state index contributed by atoms with van der Waals surface area (Å²) in [4.78, 5) is 30.3. The minimum atomic E-state index is -4.48. The molecule has 0 aliphatic carbocycles. The molecule has 304 valence electrons. The minimum absolute atomic E-state index is 0. The zero-order chi connectivity index (χ0) is 41.0. The summed E-state index contributed by atoms with van der Waals surface area (Å²) in [6.07, 6.45) is -0.473. The molecule has 0 atom stereocenters. The van der Waals surface area contributed by atoms with Crippen LogP contribution in [0.15, 0.2) is 69.3 Å². The van der Waals surface area contributed by atoms with Crippen molar-refractivity contribution in [3.8, 4) is 24.7 Å². The average Bonchev–Trinajstić information content (AvgIpc) is 3.05. The van der Waals surface area contributed by atoms with Crippen molar-refractivity contribution in [2.24, 2.45) is 0 Å². The number of hydrogen-bond acceptors (Lipinski definition) is 10. The number of carbonyl (C=O) groups excluding carboxylic acids is 2. The Morgan fingerprint density at radius 3 is 1.49 bits per heavy atom. The fraction of sp³-hybridized carbons (Fsp3) is 0.353. The van der Waals surface area contributed by atoms with E-state index in [1.54, 1.807) is 6.92 Å². The van der Waals surface area contributed by atoms with E-state index in [1.807, 2.05) is 5.92 Å². The number of rotatable bonds is 6. The zero-order valence-corrected chi connectivity index (χ0v) is 34.5. The Morgan fingerprint density at radius 1 is 0.818 bits per heavy atom. The third-order valence-electron chi connectivity index (χ3n) is 4.44. The van der Waals surface area contributed by atoms with Crippen molar-refractivity contribution in [2.45, 2.75) is 62.9 Å². The van der Waals surface area contributed by atoms with E-state index in [1.165, 1.54) is 50.6 Å². The molecule has 0 unspecified atom stereocenters. The van der Waals surface area contributed by atoms with Gasteiger partial charge in [-0.1, -0.05) is 20.9 Å². The molecule has 0 saturated carbocycles. The van der Waals surface area contributed by atoms with Gasteiger partial charge in [0, 0.05) is 39.5 Å². The summed E-state index contributed by atoms with van der Waals surface area (Å²) in [6.45, 7) is 4.67. The van der Waals surface area contributed by atoms with Crippen LogP contribution in [0.5, 0.6) is 0 Å². The molecule has 0 aliphatic rings. The second-order valence-electron chi connectivity index (χ2n) is 8.24. The van der Waals surface area contributed by atoms with Crippen molar-refractivity contribution in [3.63, 3.8) is 0 Å². The van der Waals surface area contributed by atoms with Crippen LogP contribution in [0, 0.1) is 31.6 Å². The van der Waals surface area contributed by atoms with Gasteiger partial charge >= 0.3 is 60.0 Å². The first-order valence-electron chi connectivity index (χ1n) is 13.5. The van der Waals surface area contributed by atoms with Gasteiger partial charge in [0.05, 0.1) is 27.1 Å². The number of esters is 2. The molecule has 0 spiro atoms. The van der Waals surface area contributed by atoms with E-state index in [4.69, 9.17) is 0 Å². The van der Waals surface area contributed by atoms with Crippen LogP contribution >= 0.6 is 40.3 Å². The third kappa shape index (κ3) is 33.0. The smallest absolute Gasteiger partial charge is 0.778 e. The number of thioether (sulfide) groups is 1.